The molecule has 7 heteroatoms. The molecule has 1 aliphatic heterocycles. The van der Waals surface area contributed by atoms with Gasteiger partial charge in [-0.15, -0.1) is 0 Å². The van der Waals surface area contributed by atoms with E-state index in [1.807, 2.05) is 31.2 Å². The molecule has 0 aromatic heterocycles. The topological polar surface area (TPSA) is 87.5 Å². The molecule has 0 radical (unpaired) electrons. The van der Waals surface area contributed by atoms with Gasteiger partial charge in [0.05, 0.1) is 4.92 Å². The van der Waals surface area contributed by atoms with Crippen molar-refractivity contribution in [1.29, 1.82) is 0 Å². The molecule has 1 saturated heterocycles. The normalized spacial score (nSPS) is 14.6. The van der Waals surface area contributed by atoms with E-state index in [9.17, 15) is 14.9 Å². The molecule has 1 amide bonds. The van der Waals surface area contributed by atoms with Crippen LogP contribution in [0.2, 0.25) is 0 Å². The number of carbonyl (C=O) groups excluding carboxylic acids is 1. The fourth-order valence-corrected chi connectivity index (χ4v) is 3.57. The molecular weight excluding hydrogens is 368 g/mol. The van der Waals surface area contributed by atoms with Gasteiger partial charge in [-0.25, -0.2) is 0 Å². The van der Waals surface area contributed by atoms with E-state index in [2.05, 4.69) is 21.6 Å². The highest BCUT2D eigenvalue weighted by Crippen LogP contribution is 2.23. The molecule has 2 N–H and O–H groups in total. The number of hydrogen-bond donors (Lipinski definition) is 2. The Hall–Kier alpha value is -2.93. The molecule has 1 atom stereocenters. The summed E-state index contributed by atoms with van der Waals surface area (Å²) in [5.41, 5.74) is 3.54. The van der Waals surface area contributed by atoms with Crippen LogP contribution in [0.15, 0.2) is 42.5 Å². The van der Waals surface area contributed by atoms with Gasteiger partial charge in [-0.05, 0) is 50.5 Å². The second-order valence-electron chi connectivity index (χ2n) is 7.66. The largest absolute Gasteiger partial charge is 0.371 e. The predicted octanol–water partition coefficient (Wildman–Crippen LogP) is 4.01. The van der Waals surface area contributed by atoms with Crippen LogP contribution >= 0.6 is 0 Å². The van der Waals surface area contributed by atoms with E-state index in [0.717, 1.165) is 30.0 Å². The Morgan fingerprint density at radius 3 is 2.69 bits per heavy atom. The summed E-state index contributed by atoms with van der Waals surface area (Å²) in [5.74, 6) is -0.0570. The van der Waals surface area contributed by atoms with Gasteiger partial charge >= 0.3 is 0 Å². The van der Waals surface area contributed by atoms with Gasteiger partial charge in [-0.1, -0.05) is 18.2 Å². The summed E-state index contributed by atoms with van der Waals surface area (Å²) in [7, 11) is 0. The zero-order chi connectivity index (χ0) is 20.8. The Morgan fingerprint density at radius 2 is 1.97 bits per heavy atom. The smallest absolute Gasteiger partial charge is 0.272 e. The van der Waals surface area contributed by atoms with Crippen molar-refractivity contribution in [3.8, 4) is 0 Å². The predicted molar refractivity (Wildman–Crippen MR) is 115 cm³/mol. The van der Waals surface area contributed by atoms with E-state index in [1.54, 1.807) is 19.1 Å². The Labute approximate surface area is 171 Å². The van der Waals surface area contributed by atoms with Crippen LogP contribution in [0.3, 0.4) is 0 Å². The fraction of sp³-hybridized carbons (Fsp3) is 0.409. The van der Waals surface area contributed by atoms with Crippen molar-refractivity contribution in [3.05, 3.63) is 63.7 Å². The SMILES string of the molecule is Cc1ccc(CNC(C)CC(=O)Nc2cccc(N3CCCC3)c2)cc1[N+](=O)[O-]. The molecule has 1 fully saturated rings. The van der Waals surface area contributed by atoms with E-state index < -0.39 is 0 Å². The number of benzene rings is 2. The van der Waals surface area contributed by atoms with Crippen LogP contribution < -0.4 is 15.5 Å². The summed E-state index contributed by atoms with van der Waals surface area (Å²) in [6.45, 7) is 6.26. The molecule has 7 nitrogen and oxygen atoms in total. The number of nitrogens with zero attached hydrogens (tertiary/aromatic N) is 2. The first kappa shape index (κ1) is 20.8. The van der Waals surface area contributed by atoms with Crippen LogP contribution in [-0.2, 0) is 11.3 Å². The van der Waals surface area contributed by atoms with Crippen LogP contribution in [-0.4, -0.2) is 30.0 Å². The van der Waals surface area contributed by atoms with E-state index in [-0.39, 0.29) is 22.6 Å². The van der Waals surface area contributed by atoms with E-state index in [4.69, 9.17) is 0 Å². The molecule has 0 bridgehead atoms. The van der Waals surface area contributed by atoms with E-state index in [0.29, 0.717) is 18.5 Å². The Morgan fingerprint density at radius 1 is 1.21 bits per heavy atom. The van der Waals surface area contributed by atoms with Gasteiger partial charge in [0.25, 0.3) is 5.69 Å². The molecule has 154 valence electrons. The van der Waals surface area contributed by atoms with Gasteiger partial charge in [-0.2, -0.15) is 0 Å². The third-order valence-electron chi connectivity index (χ3n) is 5.22. The maximum Gasteiger partial charge on any atom is 0.272 e. The first-order chi connectivity index (χ1) is 13.9. The molecule has 0 saturated carbocycles. The highest BCUT2D eigenvalue weighted by molar-refractivity contribution is 5.91. The fourth-order valence-electron chi connectivity index (χ4n) is 3.57. The number of hydrogen-bond acceptors (Lipinski definition) is 5. The number of carbonyl (C=O) groups is 1. The number of nitrogens with one attached hydrogen (secondary N) is 2. The highest BCUT2D eigenvalue weighted by atomic mass is 16.6. The molecule has 1 unspecified atom stereocenters. The summed E-state index contributed by atoms with van der Waals surface area (Å²) in [5, 5.41) is 17.3. The lowest BCUT2D eigenvalue weighted by Gasteiger charge is -2.19. The highest BCUT2D eigenvalue weighted by Gasteiger charge is 2.15. The number of nitro groups is 1. The zero-order valence-electron chi connectivity index (χ0n) is 17.0. The van der Waals surface area contributed by atoms with Crippen molar-refractivity contribution in [2.24, 2.45) is 0 Å². The number of anilines is 2. The number of rotatable bonds is 8. The first-order valence-electron chi connectivity index (χ1n) is 10.0. The van der Waals surface area contributed by atoms with Crippen LogP contribution in [0.5, 0.6) is 0 Å². The Bertz CT molecular complexity index is 878. The van der Waals surface area contributed by atoms with Gasteiger partial charge in [0, 0.05) is 55.1 Å². The van der Waals surface area contributed by atoms with Crippen LogP contribution in [0.1, 0.15) is 37.3 Å². The molecule has 2 aromatic carbocycles. The monoisotopic (exact) mass is 396 g/mol. The number of amides is 1. The van der Waals surface area contributed by atoms with Crippen molar-refractivity contribution >= 4 is 23.0 Å². The molecule has 0 spiro atoms. The standard InChI is InChI=1S/C22H28N4O3/c1-16-8-9-18(13-21(16)26(28)29)15-23-17(2)12-22(27)24-19-6-5-7-20(14-19)25-10-3-4-11-25/h5-9,13-14,17,23H,3-4,10-12,15H2,1-2H3,(H,24,27). The minimum atomic E-state index is -0.369. The number of aryl methyl sites for hydroxylation is 1. The molecule has 29 heavy (non-hydrogen) atoms. The van der Waals surface area contributed by atoms with Crippen molar-refractivity contribution in [3.63, 3.8) is 0 Å². The van der Waals surface area contributed by atoms with Crippen LogP contribution in [0.25, 0.3) is 0 Å². The molecule has 3 rings (SSSR count). The maximum absolute atomic E-state index is 12.4. The van der Waals surface area contributed by atoms with Gasteiger partial charge in [0.15, 0.2) is 0 Å². The van der Waals surface area contributed by atoms with Gasteiger partial charge in [-0.3, -0.25) is 14.9 Å². The van der Waals surface area contributed by atoms with Crippen molar-refractivity contribution in [2.45, 2.75) is 45.7 Å². The molecule has 1 heterocycles. The third-order valence-corrected chi connectivity index (χ3v) is 5.22. The van der Waals surface area contributed by atoms with Crippen molar-refractivity contribution in [2.75, 3.05) is 23.3 Å². The molecular formula is C22H28N4O3. The van der Waals surface area contributed by atoms with Crippen LogP contribution in [0, 0.1) is 17.0 Å². The average Bonchev–Trinajstić information content (AvgIpc) is 3.22. The third kappa shape index (κ3) is 5.77. The quantitative estimate of drug-likeness (QED) is 0.520. The van der Waals surface area contributed by atoms with Gasteiger partial charge in [0.2, 0.25) is 5.91 Å². The lowest BCUT2D eigenvalue weighted by molar-refractivity contribution is -0.385. The molecule has 1 aliphatic rings. The second kappa shape index (κ2) is 9.52. The molecule has 0 aliphatic carbocycles. The van der Waals surface area contributed by atoms with Crippen molar-refractivity contribution in [1.82, 2.24) is 5.32 Å². The zero-order valence-corrected chi connectivity index (χ0v) is 17.0. The van der Waals surface area contributed by atoms with E-state index in [1.165, 1.54) is 12.8 Å². The Kier molecular flexibility index (Phi) is 6.82. The summed E-state index contributed by atoms with van der Waals surface area (Å²) in [4.78, 5) is 25.4. The summed E-state index contributed by atoms with van der Waals surface area (Å²) in [6.07, 6.45) is 2.75. The summed E-state index contributed by atoms with van der Waals surface area (Å²) >= 11 is 0. The molecule has 2 aromatic rings. The average molecular weight is 396 g/mol. The number of nitro benzene ring substituents is 1. The summed E-state index contributed by atoms with van der Waals surface area (Å²) < 4.78 is 0. The summed E-state index contributed by atoms with van der Waals surface area (Å²) in [6, 6.07) is 13.1. The van der Waals surface area contributed by atoms with Crippen LogP contribution in [0.4, 0.5) is 17.1 Å². The minimum absolute atomic E-state index is 0.0570. The minimum Gasteiger partial charge on any atom is -0.371 e. The maximum atomic E-state index is 12.4. The van der Waals surface area contributed by atoms with Gasteiger partial charge in [0.1, 0.15) is 0 Å². The van der Waals surface area contributed by atoms with Crippen molar-refractivity contribution < 1.29 is 9.72 Å². The second-order valence-corrected chi connectivity index (χ2v) is 7.66. The lowest BCUT2D eigenvalue weighted by atomic mass is 10.1. The first-order valence-corrected chi connectivity index (χ1v) is 10.0. The van der Waals surface area contributed by atoms with Gasteiger partial charge < -0.3 is 15.5 Å². The van der Waals surface area contributed by atoms with E-state index >= 15 is 0 Å². The lowest BCUT2D eigenvalue weighted by Crippen LogP contribution is -2.30. The Balaban J connectivity index is 1.50.